The van der Waals surface area contributed by atoms with Gasteiger partial charge in [-0.05, 0) is 25.1 Å². The lowest BCUT2D eigenvalue weighted by molar-refractivity contribution is 0.414. The van der Waals surface area contributed by atoms with Crippen LogP contribution in [0, 0.1) is 6.92 Å². The summed E-state index contributed by atoms with van der Waals surface area (Å²) < 4.78 is 12.6. The molecule has 1 aromatic carbocycles. The molecule has 0 amide bonds. The van der Waals surface area contributed by atoms with Crippen molar-refractivity contribution in [3.8, 4) is 17.4 Å². The number of anilines is 1. The Bertz CT molecular complexity index is 767. The van der Waals surface area contributed by atoms with Crippen molar-refractivity contribution in [3.63, 3.8) is 0 Å². The number of rotatable bonds is 3. The Morgan fingerprint density at radius 2 is 2.10 bits per heavy atom. The summed E-state index contributed by atoms with van der Waals surface area (Å²) in [6, 6.07) is 7.15. The smallest absolute Gasteiger partial charge is 0.245 e. The Labute approximate surface area is 115 Å². The lowest BCUT2D eigenvalue weighted by Crippen LogP contribution is -1.96. The van der Waals surface area contributed by atoms with Gasteiger partial charge in [0.25, 0.3) is 0 Å². The van der Waals surface area contributed by atoms with Crippen molar-refractivity contribution in [3.05, 3.63) is 42.4 Å². The third-order valence-electron chi connectivity index (χ3n) is 2.89. The van der Waals surface area contributed by atoms with Gasteiger partial charge in [0.2, 0.25) is 5.88 Å². The van der Waals surface area contributed by atoms with Crippen LogP contribution in [0.5, 0.6) is 17.4 Å². The Balaban J connectivity index is 1.98. The summed E-state index contributed by atoms with van der Waals surface area (Å²) in [5.74, 6) is 1.70. The molecule has 6 heteroatoms. The number of fused-ring (bicyclic) bond motifs is 1. The van der Waals surface area contributed by atoms with Gasteiger partial charge in [-0.3, -0.25) is 0 Å². The van der Waals surface area contributed by atoms with Crippen molar-refractivity contribution in [2.24, 2.45) is 0 Å². The quantitative estimate of drug-likeness (QED) is 0.740. The summed E-state index contributed by atoms with van der Waals surface area (Å²) in [6.45, 7) is 1.92. The van der Waals surface area contributed by atoms with Gasteiger partial charge in [0.15, 0.2) is 0 Å². The van der Waals surface area contributed by atoms with Gasteiger partial charge < -0.3 is 15.2 Å². The fourth-order valence-corrected chi connectivity index (χ4v) is 1.99. The number of ether oxygens (including phenoxy) is 2. The maximum absolute atomic E-state index is 5.86. The second-order valence-electron chi connectivity index (χ2n) is 4.35. The highest BCUT2D eigenvalue weighted by atomic mass is 16.5. The Morgan fingerprint density at radius 3 is 2.85 bits per heavy atom. The maximum atomic E-state index is 5.86. The highest BCUT2D eigenvalue weighted by Crippen LogP contribution is 2.30. The molecule has 0 aliphatic heterocycles. The molecule has 0 spiro atoms. The molecule has 3 aromatic rings. The molecule has 0 saturated carbocycles. The fourth-order valence-electron chi connectivity index (χ4n) is 1.99. The fraction of sp³-hybridized carbons (Fsp3) is 0.143. The number of nitrogen functional groups attached to an aromatic ring is 1. The van der Waals surface area contributed by atoms with Gasteiger partial charge in [-0.1, -0.05) is 0 Å². The Kier molecular flexibility index (Phi) is 2.90. The van der Waals surface area contributed by atoms with E-state index in [0.29, 0.717) is 23.1 Å². The van der Waals surface area contributed by atoms with Gasteiger partial charge >= 0.3 is 0 Å². The van der Waals surface area contributed by atoms with Crippen LogP contribution in [0.1, 0.15) is 5.69 Å². The van der Waals surface area contributed by atoms with Gasteiger partial charge in [0.1, 0.15) is 17.0 Å². The zero-order valence-corrected chi connectivity index (χ0v) is 11.2. The molecule has 3 rings (SSSR count). The first-order valence-electron chi connectivity index (χ1n) is 6.10. The van der Waals surface area contributed by atoms with Crippen LogP contribution >= 0.6 is 0 Å². The number of aromatic nitrogens is 3. The highest BCUT2D eigenvalue weighted by Gasteiger charge is 2.09. The molecule has 2 N–H and O–H groups in total. The first-order valence-corrected chi connectivity index (χ1v) is 6.10. The summed E-state index contributed by atoms with van der Waals surface area (Å²) in [5.41, 5.74) is 8.08. The van der Waals surface area contributed by atoms with E-state index in [-0.39, 0.29) is 0 Å². The minimum absolute atomic E-state index is 0.484. The van der Waals surface area contributed by atoms with Crippen LogP contribution in [0.3, 0.4) is 0 Å². The molecule has 0 fully saturated rings. The summed E-state index contributed by atoms with van der Waals surface area (Å²) in [4.78, 5) is 4.23. The van der Waals surface area contributed by atoms with Crippen molar-refractivity contribution in [2.45, 2.75) is 6.92 Å². The van der Waals surface area contributed by atoms with Gasteiger partial charge in [0.05, 0.1) is 18.5 Å². The number of hydrogen-bond acceptors (Lipinski definition) is 5. The van der Waals surface area contributed by atoms with Crippen molar-refractivity contribution < 1.29 is 9.47 Å². The summed E-state index contributed by atoms with van der Waals surface area (Å²) in [5, 5.41) is 4.31. The summed E-state index contributed by atoms with van der Waals surface area (Å²) in [6.07, 6.45) is 3.42. The SMILES string of the molecule is COc1ccc(Oc2nccn3nc(C)cc23)cc1N. The summed E-state index contributed by atoms with van der Waals surface area (Å²) >= 11 is 0. The molecule has 0 bridgehead atoms. The minimum Gasteiger partial charge on any atom is -0.495 e. The molecule has 0 aliphatic rings. The standard InChI is InChI=1S/C14H14N4O2/c1-9-7-12-14(16-5-6-18(12)17-9)20-10-3-4-13(19-2)11(15)8-10/h3-8H,15H2,1-2H3. The molecular weight excluding hydrogens is 256 g/mol. The summed E-state index contributed by atoms with van der Waals surface area (Å²) in [7, 11) is 1.57. The van der Waals surface area contributed by atoms with E-state index >= 15 is 0 Å². The molecular formula is C14H14N4O2. The van der Waals surface area contributed by atoms with Crippen LogP contribution in [0.25, 0.3) is 5.52 Å². The molecule has 0 atom stereocenters. The molecule has 0 radical (unpaired) electrons. The topological polar surface area (TPSA) is 74.7 Å². The molecule has 0 aliphatic carbocycles. The molecule has 2 aromatic heterocycles. The average molecular weight is 270 g/mol. The van der Waals surface area contributed by atoms with E-state index in [2.05, 4.69) is 10.1 Å². The predicted octanol–water partition coefficient (Wildman–Crippen LogP) is 2.42. The van der Waals surface area contributed by atoms with Crippen LogP contribution in [-0.4, -0.2) is 21.7 Å². The number of benzene rings is 1. The number of nitrogens with zero attached hydrogens (tertiary/aromatic N) is 3. The minimum atomic E-state index is 0.484. The van der Waals surface area contributed by atoms with E-state index in [9.17, 15) is 0 Å². The van der Waals surface area contributed by atoms with Crippen LogP contribution in [0.15, 0.2) is 36.7 Å². The van der Waals surface area contributed by atoms with Gasteiger partial charge in [0, 0.05) is 18.5 Å². The number of methoxy groups -OCH3 is 1. The van der Waals surface area contributed by atoms with Crippen molar-refractivity contribution in [1.29, 1.82) is 0 Å². The van der Waals surface area contributed by atoms with Crippen molar-refractivity contribution in [1.82, 2.24) is 14.6 Å². The zero-order chi connectivity index (χ0) is 14.1. The lowest BCUT2D eigenvalue weighted by atomic mass is 10.3. The molecule has 2 heterocycles. The molecule has 20 heavy (non-hydrogen) atoms. The lowest BCUT2D eigenvalue weighted by Gasteiger charge is -2.08. The monoisotopic (exact) mass is 270 g/mol. The van der Waals surface area contributed by atoms with Crippen LogP contribution in [0.2, 0.25) is 0 Å². The largest absolute Gasteiger partial charge is 0.495 e. The van der Waals surface area contributed by atoms with E-state index in [4.69, 9.17) is 15.2 Å². The zero-order valence-electron chi connectivity index (χ0n) is 11.2. The van der Waals surface area contributed by atoms with Gasteiger partial charge in [-0.15, -0.1) is 0 Å². The second-order valence-corrected chi connectivity index (χ2v) is 4.35. The third kappa shape index (κ3) is 2.11. The van der Waals surface area contributed by atoms with Crippen LogP contribution in [0.4, 0.5) is 5.69 Å². The normalized spacial score (nSPS) is 10.7. The van der Waals surface area contributed by atoms with E-state index in [1.807, 2.05) is 13.0 Å². The van der Waals surface area contributed by atoms with Crippen molar-refractivity contribution in [2.75, 3.05) is 12.8 Å². The average Bonchev–Trinajstić information content (AvgIpc) is 2.80. The van der Waals surface area contributed by atoms with E-state index in [0.717, 1.165) is 11.2 Å². The van der Waals surface area contributed by atoms with Crippen molar-refractivity contribution >= 4 is 11.2 Å². The second kappa shape index (κ2) is 4.73. The first-order chi connectivity index (χ1) is 9.67. The number of hydrogen-bond donors (Lipinski definition) is 1. The maximum Gasteiger partial charge on any atom is 0.245 e. The Hall–Kier alpha value is -2.76. The van der Waals surface area contributed by atoms with Crippen LogP contribution in [-0.2, 0) is 0 Å². The molecule has 6 nitrogen and oxygen atoms in total. The molecule has 0 saturated heterocycles. The molecule has 0 unspecified atom stereocenters. The van der Waals surface area contributed by atoms with E-state index in [1.54, 1.807) is 42.2 Å². The molecule has 102 valence electrons. The highest BCUT2D eigenvalue weighted by molar-refractivity contribution is 5.60. The van der Waals surface area contributed by atoms with E-state index in [1.165, 1.54) is 0 Å². The first kappa shape index (κ1) is 12.3. The number of nitrogens with two attached hydrogens (primary N) is 1. The number of aryl methyl sites for hydroxylation is 1. The van der Waals surface area contributed by atoms with Gasteiger partial charge in [-0.25, -0.2) is 9.50 Å². The predicted molar refractivity (Wildman–Crippen MR) is 75.2 cm³/mol. The third-order valence-corrected chi connectivity index (χ3v) is 2.89. The van der Waals surface area contributed by atoms with E-state index < -0.39 is 0 Å². The van der Waals surface area contributed by atoms with Gasteiger partial charge in [-0.2, -0.15) is 5.10 Å². The van der Waals surface area contributed by atoms with Crippen LogP contribution < -0.4 is 15.2 Å². The Morgan fingerprint density at radius 1 is 1.25 bits per heavy atom.